The fraction of sp³-hybridized carbons (Fsp3) is 0.642. The number of aromatic nitrogens is 4. The highest BCUT2D eigenvalue weighted by Crippen LogP contribution is 2.35. The van der Waals surface area contributed by atoms with Crippen molar-refractivity contribution < 1.29 is 61.8 Å². The van der Waals surface area contributed by atoms with Crippen LogP contribution in [0.1, 0.15) is 175 Å². The first kappa shape index (κ1) is 57.7. The minimum Gasteiger partial charge on any atom is -0.463 e. The normalized spacial score (nSPS) is 18.2. The van der Waals surface area contributed by atoms with Gasteiger partial charge in [-0.05, 0) is 87.0 Å². The number of amides is 2. The van der Waals surface area contributed by atoms with Crippen LogP contribution in [0.25, 0.3) is 0 Å². The van der Waals surface area contributed by atoms with Crippen molar-refractivity contribution in [2.75, 3.05) is 24.6 Å². The molecule has 18 nitrogen and oxygen atoms in total. The molecule has 2 amide bonds. The highest BCUT2D eigenvalue weighted by molar-refractivity contribution is 5.93. The van der Waals surface area contributed by atoms with Gasteiger partial charge in [0.05, 0.1) is 11.3 Å². The summed E-state index contributed by atoms with van der Waals surface area (Å²) < 4.78 is 37.2. The van der Waals surface area contributed by atoms with Gasteiger partial charge in [-0.3, -0.25) is 33.6 Å². The number of benzene rings is 1. The van der Waals surface area contributed by atoms with E-state index in [1.165, 1.54) is 29.5 Å². The van der Waals surface area contributed by atoms with Crippen molar-refractivity contribution in [3.8, 4) is 0 Å². The number of nitrogens with zero attached hydrogens (tertiary/aromatic N) is 5. The number of ether oxygens (including phenoxy) is 6. The fourth-order valence-electron chi connectivity index (χ4n) is 8.03. The zero-order chi connectivity index (χ0) is 52.7. The Balaban J connectivity index is 1.21. The van der Waals surface area contributed by atoms with Gasteiger partial charge in [0.1, 0.15) is 18.3 Å². The average Bonchev–Trinajstić information content (AvgIpc) is 3.72. The second-order valence-electron chi connectivity index (χ2n) is 21.3. The molecule has 3 aromatic rings. The predicted molar refractivity (Wildman–Crippen MR) is 264 cm³/mol. The Kier molecular flexibility index (Phi) is 21.1. The summed E-state index contributed by atoms with van der Waals surface area (Å²) in [5.74, 6) is -3.07. The first-order chi connectivity index (χ1) is 33.2. The van der Waals surface area contributed by atoms with E-state index >= 15 is 0 Å². The third-order valence-corrected chi connectivity index (χ3v) is 11.7. The molecule has 1 saturated heterocycles. The Morgan fingerprint density at radius 3 is 1.85 bits per heavy atom. The fourth-order valence-corrected chi connectivity index (χ4v) is 8.03. The van der Waals surface area contributed by atoms with Crippen LogP contribution >= 0.6 is 0 Å². The number of carbonyl (C=O) groups is 6. The molecule has 5 atom stereocenters. The summed E-state index contributed by atoms with van der Waals surface area (Å²) in [6.45, 7) is 25.0. The van der Waals surface area contributed by atoms with E-state index in [0.29, 0.717) is 18.7 Å². The Morgan fingerprint density at radius 2 is 1.27 bits per heavy atom. The SMILES string of the molecule is CC(=O)OC[C@H]1O[C@H]([n+]2ccc(C(=O)NCCCCCCn3cc(CCCCCCN(C(=O)OC(C)(C)C)c4cc(C(C)(C)C)cc(C(C)(C)C)c4)nn3)cc2)[C@@H](OC(C)=O)[C@@H](OC(C)=O)[C@@H]1OC(C)=O. The summed E-state index contributed by atoms with van der Waals surface area (Å²) in [4.78, 5) is 76.7. The minimum atomic E-state index is -1.32. The highest BCUT2D eigenvalue weighted by atomic mass is 16.7. The van der Waals surface area contributed by atoms with E-state index in [4.69, 9.17) is 28.4 Å². The minimum absolute atomic E-state index is 0.0814. The number of unbranched alkanes of at least 4 members (excludes halogenated alkanes) is 6. The number of esters is 4. The summed E-state index contributed by atoms with van der Waals surface area (Å²) >= 11 is 0. The first-order valence-electron chi connectivity index (χ1n) is 24.9. The van der Waals surface area contributed by atoms with Crippen molar-refractivity contribution in [3.05, 3.63) is 71.3 Å². The molecule has 392 valence electrons. The Labute approximate surface area is 419 Å². The number of hydrogen-bond donors (Lipinski definition) is 1. The van der Waals surface area contributed by atoms with Gasteiger partial charge in [0.2, 0.25) is 6.10 Å². The summed E-state index contributed by atoms with van der Waals surface area (Å²) in [6, 6.07) is 9.66. The van der Waals surface area contributed by atoms with E-state index in [1.54, 1.807) is 24.5 Å². The maximum atomic E-state index is 13.6. The lowest BCUT2D eigenvalue weighted by molar-refractivity contribution is -0.777. The summed E-state index contributed by atoms with van der Waals surface area (Å²) in [5, 5.41) is 11.7. The zero-order valence-electron chi connectivity index (χ0n) is 44.3. The van der Waals surface area contributed by atoms with Crippen molar-refractivity contribution >= 4 is 41.6 Å². The average molecular weight is 992 g/mol. The third-order valence-electron chi connectivity index (χ3n) is 11.7. The molecular weight excluding hydrogens is 913 g/mol. The topological polar surface area (TPSA) is 208 Å². The molecule has 1 fully saturated rings. The molecule has 71 heavy (non-hydrogen) atoms. The molecule has 0 bridgehead atoms. The second kappa shape index (κ2) is 26.0. The van der Waals surface area contributed by atoms with Crippen molar-refractivity contribution in [2.45, 2.75) is 201 Å². The van der Waals surface area contributed by atoms with E-state index in [9.17, 15) is 28.8 Å². The molecule has 0 unspecified atom stereocenters. The molecule has 0 radical (unpaired) electrons. The van der Waals surface area contributed by atoms with Gasteiger partial charge >= 0.3 is 36.2 Å². The van der Waals surface area contributed by atoms with Gasteiger partial charge in [0, 0.05) is 71.3 Å². The van der Waals surface area contributed by atoms with Gasteiger partial charge in [-0.15, -0.1) is 5.10 Å². The largest absolute Gasteiger partial charge is 0.463 e. The van der Waals surface area contributed by atoms with Gasteiger partial charge in [0.25, 0.3) is 5.91 Å². The van der Waals surface area contributed by atoms with E-state index in [-0.39, 0.29) is 29.4 Å². The lowest BCUT2D eigenvalue weighted by Crippen LogP contribution is -2.65. The van der Waals surface area contributed by atoms with Gasteiger partial charge in [-0.2, -0.15) is 4.57 Å². The molecule has 18 heteroatoms. The quantitative estimate of drug-likeness (QED) is 0.0439. The third kappa shape index (κ3) is 19.0. The van der Waals surface area contributed by atoms with Gasteiger partial charge < -0.3 is 33.7 Å². The summed E-state index contributed by atoms with van der Waals surface area (Å²) in [7, 11) is 0. The number of anilines is 1. The van der Waals surface area contributed by atoms with Crippen LogP contribution in [0, 0.1) is 0 Å². The van der Waals surface area contributed by atoms with E-state index in [2.05, 4.69) is 75.4 Å². The number of rotatable bonds is 22. The number of aryl methyl sites for hydroxylation is 2. The zero-order valence-corrected chi connectivity index (χ0v) is 44.3. The molecule has 1 aromatic carbocycles. The van der Waals surface area contributed by atoms with Crippen LogP contribution in [0.3, 0.4) is 0 Å². The van der Waals surface area contributed by atoms with Gasteiger partial charge in [-0.1, -0.05) is 78.5 Å². The molecule has 0 spiro atoms. The molecular formula is C53H79N6O12+. The number of pyridine rings is 1. The van der Waals surface area contributed by atoms with Crippen LogP contribution in [0.2, 0.25) is 0 Å². The summed E-state index contributed by atoms with van der Waals surface area (Å²) in [6.07, 6.45) is 6.82. The van der Waals surface area contributed by atoms with Crippen LogP contribution in [0.15, 0.2) is 48.9 Å². The van der Waals surface area contributed by atoms with Crippen molar-refractivity contribution in [3.63, 3.8) is 0 Å². The predicted octanol–water partition coefficient (Wildman–Crippen LogP) is 7.95. The van der Waals surface area contributed by atoms with Gasteiger partial charge in [0.15, 0.2) is 24.6 Å². The van der Waals surface area contributed by atoms with Crippen LogP contribution in [0.5, 0.6) is 0 Å². The summed E-state index contributed by atoms with van der Waals surface area (Å²) in [5.41, 5.74) is 3.80. The number of carbonyl (C=O) groups excluding carboxylic acids is 6. The molecule has 0 saturated carbocycles. The molecule has 1 aliphatic heterocycles. The van der Waals surface area contributed by atoms with E-state index in [1.807, 2.05) is 36.5 Å². The number of nitrogens with one attached hydrogen (secondary N) is 1. The number of hydrogen-bond acceptors (Lipinski definition) is 14. The second-order valence-corrected chi connectivity index (χ2v) is 21.3. The van der Waals surface area contributed by atoms with E-state index < -0.39 is 60.1 Å². The molecule has 0 aliphatic carbocycles. The first-order valence-corrected chi connectivity index (χ1v) is 24.9. The van der Waals surface area contributed by atoms with Crippen molar-refractivity contribution in [1.29, 1.82) is 0 Å². The van der Waals surface area contributed by atoms with Crippen LogP contribution in [-0.2, 0) is 71.4 Å². The molecule has 1 N–H and O–H groups in total. The lowest BCUT2D eigenvalue weighted by Gasteiger charge is -2.41. The van der Waals surface area contributed by atoms with Crippen LogP contribution in [0.4, 0.5) is 10.5 Å². The molecule has 2 aromatic heterocycles. The molecule has 3 heterocycles. The Bertz CT molecular complexity index is 2230. The standard InChI is InChI=1S/C53H78N6O12/c1-35(60)66-34-44-45(67-36(2)61)46(68-37(3)62)47(69-38(4)63)49(70-44)57-28-23-39(24-29-57)48(64)54-25-19-15-17-20-26-58-33-42(55-56-58)22-18-14-16-21-27-59(50(65)71-53(11,12)13)43-31-40(51(5,6)7)30-41(32-43)52(8,9)10/h23-24,28-33,44-47,49H,14-22,25-27,34H2,1-13H3/p+1/t44-,45-,46+,47+,49+/m1/s1. The maximum Gasteiger partial charge on any atom is 0.414 e. The highest BCUT2D eigenvalue weighted by Gasteiger charge is 2.56. The van der Waals surface area contributed by atoms with Crippen molar-refractivity contribution in [1.82, 2.24) is 20.3 Å². The Hall–Kier alpha value is -5.91. The lowest BCUT2D eigenvalue weighted by atomic mass is 9.80. The Morgan fingerprint density at radius 1 is 0.704 bits per heavy atom. The van der Waals surface area contributed by atoms with Crippen LogP contribution < -0.4 is 14.8 Å². The maximum absolute atomic E-state index is 13.6. The van der Waals surface area contributed by atoms with Crippen LogP contribution in [-0.4, -0.2) is 101 Å². The molecule has 4 rings (SSSR count). The smallest absolute Gasteiger partial charge is 0.414 e. The van der Waals surface area contributed by atoms with Gasteiger partial charge in [-0.25, -0.2) is 4.79 Å². The van der Waals surface area contributed by atoms with Crippen molar-refractivity contribution in [2.24, 2.45) is 0 Å². The molecule has 1 aliphatic rings. The van der Waals surface area contributed by atoms with E-state index in [0.717, 1.165) is 89.6 Å². The monoisotopic (exact) mass is 992 g/mol.